The van der Waals surface area contributed by atoms with Gasteiger partial charge in [0, 0.05) is 5.88 Å². The Morgan fingerprint density at radius 2 is 1.47 bits per heavy atom. The molecule has 0 saturated carbocycles. The molecule has 0 aliphatic heterocycles. The topological polar surface area (TPSA) is 160 Å². The van der Waals surface area contributed by atoms with E-state index in [-0.39, 0.29) is 18.9 Å². The van der Waals surface area contributed by atoms with Gasteiger partial charge >= 0.3 is 23.5 Å². The number of hydrogen-bond acceptors (Lipinski definition) is 6. The van der Waals surface area contributed by atoms with Gasteiger partial charge in [-0.2, -0.15) is 8.62 Å². The zero-order chi connectivity index (χ0) is 13.7. The number of phosphoric ester groups is 1. The second kappa shape index (κ2) is 6.75. The quantitative estimate of drug-likeness (QED) is 0.286. The van der Waals surface area contributed by atoms with Crippen LogP contribution in [0.25, 0.3) is 0 Å². The molecule has 0 saturated heterocycles. The Kier molecular flexibility index (Phi) is 7.02. The first-order valence-corrected chi connectivity index (χ1v) is 8.87. The molecule has 0 fully saturated rings. The first-order valence-electron chi connectivity index (χ1n) is 3.82. The van der Waals surface area contributed by atoms with Gasteiger partial charge in [0.05, 0.1) is 6.61 Å². The molecule has 0 radical (unpaired) electrons. The molecule has 10 nitrogen and oxygen atoms in total. The van der Waals surface area contributed by atoms with Gasteiger partial charge in [0.15, 0.2) is 0 Å². The third kappa shape index (κ3) is 10.3. The van der Waals surface area contributed by atoms with Crippen LogP contribution < -0.4 is 0 Å². The van der Waals surface area contributed by atoms with E-state index in [0.717, 1.165) is 0 Å². The van der Waals surface area contributed by atoms with Crippen molar-refractivity contribution in [2.45, 2.75) is 6.42 Å². The predicted molar refractivity (Wildman–Crippen MR) is 55.2 cm³/mol. The Labute approximate surface area is 101 Å². The standard InChI is InChI=1S/C3H10ClO10P3/c4-2-1-3-12-16(8,9)14-17(10,11)13-15(5,6)7/h1-3H2,(H,8,9)(H,10,11)(H2,5,6,7). The van der Waals surface area contributed by atoms with Crippen LogP contribution in [0, 0.1) is 0 Å². The number of halogens is 1. The summed E-state index contributed by atoms with van der Waals surface area (Å²) in [5.41, 5.74) is 0. The van der Waals surface area contributed by atoms with E-state index in [4.69, 9.17) is 31.2 Å². The third-order valence-corrected chi connectivity index (χ3v) is 5.05. The molecule has 0 rings (SSSR count). The van der Waals surface area contributed by atoms with Crippen LogP contribution in [0.15, 0.2) is 0 Å². The lowest BCUT2D eigenvalue weighted by molar-refractivity contribution is 0.172. The predicted octanol–water partition coefficient (Wildman–Crippen LogP) is 0.959. The fourth-order valence-corrected chi connectivity index (χ4v) is 3.70. The van der Waals surface area contributed by atoms with E-state index in [9.17, 15) is 13.7 Å². The maximum atomic E-state index is 11.0. The van der Waals surface area contributed by atoms with E-state index in [1.165, 1.54) is 0 Å². The van der Waals surface area contributed by atoms with Gasteiger partial charge in [-0.3, -0.25) is 4.52 Å². The maximum absolute atomic E-state index is 11.0. The maximum Gasteiger partial charge on any atom is 0.490 e. The molecule has 0 aliphatic carbocycles. The molecule has 104 valence electrons. The summed E-state index contributed by atoms with van der Waals surface area (Å²) in [6, 6.07) is 0. The molecule has 0 aliphatic rings. The highest BCUT2D eigenvalue weighted by Crippen LogP contribution is 2.66. The lowest BCUT2D eigenvalue weighted by atomic mass is 10.5. The smallest absolute Gasteiger partial charge is 0.302 e. The summed E-state index contributed by atoms with van der Waals surface area (Å²) >= 11 is 5.23. The Balaban J connectivity index is 4.44. The zero-order valence-electron chi connectivity index (χ0n) is 8.08. The first kappa shape index (κ1) is 17.7. The molecule has 4 N–H and O–H groups in total. The average Bonchev–Trinajstić information content (AvgIpc) is 1.96. The minimum absolute atomic E-state index is 0.107. The molecule has 0 aromatic carbocycles. The van der Waals surface area contributed by atoms with Crippen molar-refractivity contribution in [3.05, 3.63) is 0 Å². The van der Waals surface area contributed by atoms with Crippen molar-refractivity contribution in [3.8, 4) is 0 Å². The second-order valence-corrected chi connectivity index (χ2v) is 7.26. The Bertz CT molecular complexity index is 375. The van der Waals surface area contributed by atoms with Gasteiger partial charge in [-0.15, -0.1) is 11.6 Å². The van der Waals surface area contributed by atoms with Crippen LogP contribution in [-0.4, -0.2) is 32.1 Å². The Morgan fingerprint density at radius 1 is 0.941 bits per heavy atom. The molecule has 0 bridgehead atoms. The van der Waals surface area contributed by atoms with Crippen molar-refractivity contribution in [2.75, 3.05) is 12.5 Å². The first-order chi connectivity index (χ1) is 7.47. The molecule has 0 aromatic heterocycles. The molecule has 0 spiro atoms. The molecule has 0 aromatic rings. The minimum atomic E-state index is -5.42. The second-order valence-electron chi connectivity index (χ2n) is 2.47. The minimum Gasteiger partial charge on any atom is -0.302 e. The summed E-state index contributed by atoms with van der Waals surface area (Å²) in [7, 11) is -15.7. The van der Waals surface area contributed by atoms with Crippen LogP contribution in [0.1, 0.15) is 6.42 Å². The van der Waals surface area contributed by atoms with Crippen molar-refractivity contribution in [2.24, 2.45) is 0 Å². The lowest BCUT2D eigenvalue weighted by Gasteiger charge is -2.15. The Hall–Kier alpha value is 0.700. The number of rotatable bonds is 8. The summed E-state index contributed by atoms with van der Waals surface area (Å²) in [6.07, 6.45) is 0.157. The molecule has 0 amide bonds. The summed E-state index contributed by atoms with van der Waals surface area (Å²) in [6.45, 7) is -0.354. The number of phosphoric acid groups is 3. The van der Waals surface area contributed by atoms with E-state index >= 15 is 0 Å². The van der Waals surface area contributed by atoms with Crippen LogP contribution in [0.2, 0.25) is 0 Å². The van der Waals surface area contributed by atoms with E-state index in [0.29, 0.717) is 0 Å². The van der Waals surface area contributed by atoms with Crippen molar-refractivity contribution >= 4 is 35.1 Å². The van der Waals surface area contributed by atoms with Crippen molar-refractivity contribution in [1.82, 2.24) is 0 Å². The molecule has 17 heavy (non-hydrogen) atoms. The van der Waals surface area contributed by atoms with Gasteiger partial charge in [-0.25, -0.2) is 13.7 Å². The van der Waals surface area contributed by atoms with Gasteiger partial charge in [-0.1, -0.05) is 0 Å². The SMILES string of the molecule is O=P(O)(O)OP(=O)(O)OP(=O)(O)OCCCCl. The Morgan fingerprint density at radius 3 is 1.88 bits per heavy atom. The highest BCUT2D eigenvalue weighted by molar-refractivity contribution is 7.66. The van der Waals surface area contributed by atoms with E-state index < -0.39 is 23.5 Å². The fourth-order valence-electron chi connectivity index (χ4n) is 0.538. The number of alkyl halides is 1. The highest BCUT2D eigenvalue weighted by atomic mass is 35.5. The molecule has 2 atom stereocenters. The molecule has 0 heterocycles. The zero-order valence-corrected chi connectivity index (χ0v) is 11.5. The third-order valence-electron chi connectivity index (χ3n) is 0.948. The van der Waals surface area contributed by atoms with Gasteiger partial charge < -0.3 is 19.6 Å². The monoisotopic (exact) mass is 334 g/mol. The average molecular weight is 334 g/mol. The highest BCUT2D eigenvalue weighted by Gasteiger charge is 2.40. The molecular formula is C3H10ClO10P3. The van der Waals surface area contributed by atoms with Crippen LogP contribution >= 0.6 is 35.1 Å². The van der Waals surface area contributed by atoms with Crippen LogP contribution in [-0.2, 0) is 26.8 Å². The summed E-state index contributed by atoms with van der Waals surface area (Å²) in [5.74, 6) is 0.107. The van der Waals surface area contributed by atoms with Crippen molar-refractivity contribution < 1.29 is 46.4 Å². The van der Waals surface area contributed by atoms with Gasteiger partial charge in [-0.05, 0) is 6.42 Å². The summed E-state index contributed by atoms with van der Waals surface area (Å²) < 4.78 is 43.1. The van der Waals surface area contributed by atoms with Gasteiger partial charge in [0.2, 0.25) is 0 Å². The van der Waals surface area contributed by atoms with E-state index in [2.05, 4.69) is 13.1 Å². The van der Waals surface area contributed by atoms with E-state index in [1.807, 2.05) is 0 Å². The molecule has 14 heteroatoms. The van der Waals surface area contributed by atoms with Gasteiger partial charge in [0.25, 0.3) is 0 Å². The van der Waals surface area contributed by atoms with Crippen LogP contribution in [0.4, 0.5) is 0 Å². The van der Waals surface area contributed by atoms with Crippen LogP contribution in [0.3, 0.4) is 0 Å². The van der Waals surface area contributed by atoms with E-state index in [1.54, 1.807) is 0 Å². The fraction of sp³-hybridized carbons (Fsp3) is 1.00. The lowest BCUT2D eigenvalue weighted by Crippen LogP contribution is -1.98. The number of hydrogen-bond donors (Lipinski definition) is 4. The largest absolute Gasteiger partial charge is 0.490 e. The molecular weight excluding hydrogens is 324 g/mol. The molecule has 2 unspecified atom stereocenters. The summed E-state index contributed by atoms with van der Waals surface area (Å²) in [4.78, 5) is 34.0. The normalized spacial score (nSPS) is 19.6. The van der Waals surface area contributed by atoms with Crippen molar-refractivity contribution in [1.29, 1.82) is 0 Å². The van der Waals surface area contributed by atoms with Crippen molar-refractivity contribution in [3.63, 3.8) is 0 Å². The van der Waals surface area contributed by atoms with Gasteiger partial charge in [0.1, 0.15) is 0 Å². The van der Waals surface area contributed by atoms with Crippen LogP contribution in [0.5, 0.6) is 0 Å². The summed E-state index contributed by atoms with van der Waals surface area (Å²) in [5, 5.41) is 0.